The Bertz CT molecular complexity index is 1170. The van der Waals surface area contributed by atoms with Gasteiger partial charge >= 0.3 is 5.97 Å². The summed E-state index contributed by atoms with van der Waals surface area (Å²) in [6, 6.07) is 13.6. The van der Waals surface area contributed by atoms with Crippen LogP contribution in [0.3, 0.4) is 0 Å². The molecule has 0 aliphatic carbocycles. The third kappa shape index (κ3) is 7.16. The molecule has 0 spiro atoms. The van der Waals surface area contributed by atoms with Crippen LogP contribution in [0.2, 0.25) is 0 Å². The summed E-state index contributed by atoms with van der Waals surface area (Å²) >= 11 is 0. The summed E-state index contributed by atoms with van der Waals surface area (Å²) in [4.78, 5) is 14.2. The predicted molar refractivity (Wildman–Crippen MR) is 149 cm³/mol. The molecule has 0 unspecified atom stereocenters. The van der Waals surface area contributed by atoms with Gasteiger partial charge < -0.3 is 14.4 Å². The summed E-state index contributed by atoms with van der Waals surface area (Å²) in [5.74, 6) is 0.0442. The summed E-state index contributed by atoms with van der Waals surface area (Å²) in [6.07, 6.45) is 8.89. The Labute approximate surface area is 222 Å². The van der Waals surface area contributed by atoms with Gasteiger partial charge in [0.25, 0.3) is 0 Å². The summed E-state index contributed by atoms with van der Waals surface area (Å²) in [5.41, 5.74) is 2.20. The van der Waals surface area contributed by atoms with Gasteiger partial charge in [-0.1, -0.05) is 64.7 Å². The van der Waals surface area contributed by atoms with Crippen LogP contribution in [0.25, 0.3) is 0 Å². The molecule has 0 N–H and O–H groups in total. The lowest BCUT2D eigenvalue weighted by atomic mass is 9.79. The molecule has 1 heterocycles. The van der Waals surface area contributed by atoms with Gasteiger partial charge in [0.1, 0.15) is 5.75 Å². The number of carbonyl (C=O) groups excluding carboxylic acids is 1. The van der Waals surface area contributed by atoms with Crippen LogP contribution in [0, 0.1) is 5.41 Å². The van der Waals surface area contributed by atoms with E-state index >= 15 is 0 Å². The fourth-order valence-corrected chi connectivity index (χ4v) is 7.22. The molecule has 1 aliphatic rings. The zero-order chi connectivity index (χ0) is 26.9. The molecule has 0 bridgehead atoms. The molecule has 0 radical (unpaired) electrons. The minimum Gasteiger partial charge on any atom is -0.464 e. The van der Waals surface area contributed by atoms with Gasteiger partial charge in [-0.25, -0.2) is 13.2 Å². The fraction of sp³-hybridized carbons (Fsp3) is 0.500. The van der Waals surface area contributed by atoms with E-state index in [4.69, 9.17) is 9.47 Å². The number of carbonyl (C=O) groups is 1. The highest BCUT2D eigenvalue weighted by atomic mass is 32.2. The van der Waals surface area contributed by atoms with Crippen LogP contribution in [-0.4, -0.2) is 33.3 Å². The Morgan fingerprint density at radius 3 is 2.30 bits per heavy atom. The first-order valence-corrected chi connectivity index (χ1v) is 15.2. The van der Waals surface area contributed by atoms with Gasteiger partial charge in [0.2, 0.25) is 0 Å². The fourth-order valence-electron chi connectivity index (χ4n) is 5.11. The number of sulfone groups is 1. The van der Waals surface area contributed by atoms with Gasteiger partial charge in [0.15, 0.2) is 9.84 Å². The Morgan fingerprint density at radius 1 is 1.03 bits per heavy atom. The smallest absolute Gasteiger partial charge is 0.333 e. The van der Waals surface area contributed by atoms with E-state index < -0.39 is 15.8 Å². The molecule has 2 aromatic rings. The summed E-state index contributed by atoms with van der Waals surface area (Å²) < 4.78 is 38.8. The molecule has 7 heteroatoms. The lowest BCUT2D eigenvalue weighted by Gasteiger charge is -2.37. The molecular formula is C30H41NO5S. The molecular weight excluding hydrogens is 486 g/mol. The molecule has 0 atom stereocenters. The summed E-state index contributed by atoms with van der Waals surface area (Å²) in [6.45, 7) is 8.98. The van der Waals surface area contributed by atoms with E-state index in [0.29, 0.717) is 24.4 Å². The second-order valence-corrected chi connectivity index (χ2v) is 11.8. The largest absolute Gasteiger partial charge is 0.464 e. The third-order valence-electron chi connectivity index (χ3n) is 7.01. The van der Waals surface area contributed by atoms with E-state index in [9.17, 15) is 13.2 Å². The highest BCUT2D eigenvalue weighted by molar-refractivity contribution is 7.91. The van der Waals surface area contributed by atoms with Crippen LogP contribution in [0.15, 0.2) is 59.7 Å². The Balaban J connectivity index is 2.17. The first kappa shape index (κ1) is 28.8. The van der Waals surface area contributed by atoms with E-state index in [1.807, 2.05) is 43.3 Å². The van der Waals surface area contributed by atoms with Gasteiger partial charge in [0.05, 0.1) is 35.3 Å². The minimum absolute atomic E-state index is 0.111. The Kier molecular flexibility index (Phi) is 10.2. The standard InChI is InChI=1S/C30H41NO5S/c1-5-9-17-30(18-10-6-2)22-31(25-14-12-11-13-15-25)26-20-24(7-3)27(21-28(26)37(33,34)23-30)36-19-16-29(32)35-8-4/h11-16,19-21H,5-10,17-18,22-23H2,1-4H3/b19-16+. The number of rotatable bonds is 12. The number of anilines is 2. The van der Waals surface area contributed by atoms with E-state index in [1.165, 1.54) is 12.3 Å². The SMILES string of the molecule is CCCCC1(CCCC)CN(c2ccccc2)c2cc(CC)c(O/C=C/C(=O)OCC)cc2S(=O)(=O)C1. The van der Waals surface area contributed by atoms with E-state index in [-0.39, 0.29) is 22.7 Å². The van der Waals surface area contributed by atoms with Gasteiger partial charge in [-0.15, -0.1) is 0 Å². The number of esters is 1. The number of nitrogens with zero attached hydrogens (tertiary/aromatic N) is 1. The van der Waals surface area contributed by atoms with Crippen molar-refractivity contribution in [2.24, 2.45) is 5.41 Å². The monoisotopic (exact) mass is 527 g/mol. The zero-order valence-corrected chi connectivity index (χ0v) is 23.5. The zero-order valence-electron chi connectivity index (χ0n) is 22.7. The molecule has 6 nitrogen and oxygen atoms in total. The maximum absolute atomic E-state index is 14.1. The minimum atomic E-state index is -3.62. The summed E-state index contributed by atoms with van der Waals surface area (Å²) in [5, 5.41) is 0. The molecule has 0 fully saturated rings. The molecule has 3 rings (SSSR count). The van der Waals surface area contributed by atoms with Gasteiger partial charge in [-0.3, -0.25) is 0 Å². The van der Waals surface area contributed by atoms with Crippen molar-refractivity contribution in [3.05, 3.63) is 60.4 Å². The first-order valence-electron chi connectivity index (χ1n) is 13.5. The van der Waals surface area contributed by atoms with Crippen molar-refractivity contribution < 1.29 is 22.7 Å². The number of aryl methyl sites for hydroxylation is 1. The van der Waals surface area contributed by atoms with Crippen molar-refractivity contribution in [3.8, 4) is 5.75 Å². The number of benzene rings is 2. The second-order valence-electron chi connectivity index (χ2n) is 9.84. The lowest BCUT2D eigenvalue weighted by Crippen LogP contribution is -2.38. The molecule has 0 saturated heterocycles. The number of hydrogen-bond donors (Lipinski definition) is 0. The average molecular weight is 528 g/mol. The molecule has 0 amide bonds. The van der Waals surface area contributed by atoms with E-state index in [2.05, 4.69) is 18.7 Å². The molecule has 0 saturated carbocycles. The number of ether oxygens (including phenoxy) is 2. The summed E-state index contributed by atoms with van der Waals surface area (Å²) in [7, 11) is -3.62. The van der Waals surface area contributed by atoms with Crippen LogP contribution in [0.1, 0.15) is 71.8 Å². The van der Waals surface area contributed by atoms with Crippen molar-refractivity contribution >= 4 is 27.2 Å². The van der Waals surface area contributed by atoms with Crippen LogP contribution >= 0.6 is 0 Å². The van der Waals surface area contributed by atoms with E-state index in [1.54, 1.807) is 13.0 Å². The first-order chi connectivity index (χ1) is 17.8. The van der Waals surface area contributed by atoms with Crippen LogP contribution in [0.4, 0.5) is 11.4 Å². The molecule has 1 aliphatic heterocycles. The molecule has 0 aromatic heterocycles. The number of para-hydroxylation sites is 1. The maximum atomic E-state index is 14.1. The number of fused-ring (bicyclic) bond motifs is 1. The van der Waals surface area contributed by atoms with Crippen LogP contribution in [-0.2, 0) is 25.8 Å². The van der Waals surface area contributed by atoms with E-state index in [0.717, 1.165) is 49.8 Å². The van der Waals surface area contributed by atoms with Crippen LogP contribution in [0.5, 0.6) is 5.75 Å². The molecule has 202 valence electrons. The lowest BCUT2D eigenvalue weighted by molar-refractivity contribution is -0.137. The Morgan fingerprint density at radius 2 is 1.70 bits per heavy atom. The molecule has 37 heavy (non-hydrogen) atoms. The topological polar surface area (TPSA) is 72.9 Å². The van der Waals surface area contributed by atoms with Crippen molar-refractivity contribution in [1.82, 2.24) is 0 Å². The molecule has 2 aromatic carbocycles. The number of hydrogen-bond acceptors (Lipinski definition) is 6. The normalized spacial score (nSPS) is 16.3. The highest BCUT2D eigenvalue weighted by Crippen LogP contribution is 2.46. The van der Waals surface area contributed by atoms with Crippen LogP contribution < -0.4 is 9.64 Å². The van der Waals surface area contributed by atoms with Gasteiger partial charge in [-0.05, 0) is 49.9 Å². The van der Waals surface area contributed by atoms with Crippen molar-refractivity contribution in [3.63, 3.8) is 0 Å². The van der Waals surface area contributed by atoms with Gasteiger partial charge in [-0.2, -0.15) is 0 Å². The highest BCUT2D eigenvalue weighted by Gasteiger charge is 2.42. The predicted octanol–water partition coefficient (Wildman–Crippen LogP) is 7.00. The van der Waals surface area contributed by atoms with Gasteiger partial charge in [0, 0.05) is 23.7 Å². The average Bonchev–Trinajstić information content (AvgIpc) is 2.98. The maximum Gasteiger partial charge on any atom is 0.333 e. The quantitative estimate of drug-likeness (QED) is 0.168. The second kappa shape index (κ2) is 13.1. The third-order valence-corrected chi connectivity index (χ3v) is 9.00. The number of unbranched alkanes of at least 4 members (excludes halogenated alkanes) is 2. The van der Waals surface area contributed by atoms with Crippen molar-refractivity contribution in [1.29, 1.82) is 0 Å². The van der Waals surface area contributed by atoms with Crippen molar-refractivity contribution in [2.45, 2.75) is 77.5 Å². The van der Waals surface area contributed by atoms with Crippen molar-refractivity contribution in [2.75, 3.05) is 23.8 Å². The Hall–Kier alpha value is -2.80.